The molecule has 25 heavy (non-hydrogen) atoms. The van der Waals surface area contributed by atoms with E-state index in [1.165, 1.54) is 12.1 Å². The molecule has 4 aromatic rings. The van der Waals surface area contributed by atoms with Crippen molar-refractivity contribution < 1.29 is 9.50 Å². The Morgan fingerprint density at radius 3 is 2.48 bits per heavy atom. The predicted molar refractivity (Wildman–Crippen MR) is 96.0 cm³/mol. The van der Waals surface area contributed by atoms with Gasteiger partial charge in [0, 0.05) is 18.3 Å². The second-order valence-corrected chi connectivity index (χ2v) is 5.76. The minimum atomic E-state index is -0.247. The Morgan fingerprint density at radius 2 is 1.72 bits per heavy atom. The van der Waals surface area contributed by atoms with Gasteiger partial charge in [0.25, 0.3) is 0 Å². The van der Waals surface area contributed by atoms with Crippen molar-refractivity contribution in [1.29, 1.82) is 0 Å². The standard InChI is InChI=1S/C20H16FN3O/c21-16-8-4-14(5-9-16)13-22-20-19(15-6-10-17(25)11-7-15)23-18-3-1-2-12-24(18)20/h1-12,22,25H,13H2. The number of nitrogens with one attached hydrogen (secondary N) is 1. The summed E-state index contributed by atoms with van der Waals surface area (Å²) in [6.45, 7) is 0.550. The van der Waals surface area contributed by atoms with Gasteiger partial charge in [-0.1, -0.05) is 18.2 Å². The van der Waals surface area contributed by atoms with Crippen LogP contribution in [0.4, 0.5) is 10.2 Å². The molecule has 0 saturated carbocycles. The van der Waals surface area contributed by atoms with Crippen LogP contribution in [0.15, 0.2) is 72.9 Å². The first-order valence-corrected chi connectivity index (χ1v) is 7.95. The Bertz CT molecular complexity index is 1010. The van der Waals surface area contributed by atoms with Crippen molar-refractivity contribution >= 4 is 11.5 Å². The molecule has 4 rings (SSSR count). The number of benzene rings is 2. The van der Waals surface area contributed by atoms with E-state index in [1.54, 1.807) is 24.3 Å². The van der Waals surface area contributed by atoms with E-state index < -0.39 is 0 Å². The van der Waals surface area contributed by atoms with Crippen molar-refractivity contribution in [3.05, 3.63) is 84.3 Å². The maximum Gasteiger partial charge on any atom is 0.139 e. The lowest BCUT2D eigenvalue weighted by Gasteiger charge is -2.09. The van der Waals surface area contributed by atoms with E-state index in [0.29, 0.717) is 6.54 Å². The zero-order valence-electron chi connectivity index (χ0n) is 13.4. The number of phenolic OH excluding ortho intramolecular Hbond substituents is 1. The summed E-state index contributed by atoms with van der Waals surface area (Å²) in [6.07, 6.45) is 1.94. The molecule has 0 saturated heterocycles. The average Bonchev–Trinajstić information content (AvgIpc) is 3.00. The van der Waals surface area contributed by atoms with Gasteiger partial charge in [0.1, 0.15) is 28.7 Å². The normalized spacial score (nSPS) is 10.9. The number of nitrogens with zero attached hydrogens (tertiary/aromatic N) is 2. The Morgan fingerprint density at radius 1 is 0.960 bits per heavy atom. The molecule has 4 nitrogen and oxygen atoms in total. The van der Waals surface area contributed by atoms with E-state index in [0.717, 1.165) is 28.3 Å². The first-order chi connectivity index (χ1) is 12.2. The molecule has 0 atom stereocenters. The summed E-state index contributed by atoms with van der Waals surface area (Å²) in [5.41, 5.74) is 3.51. The summed E-state index contributed by atoms with van der Waals surface area (Å²) >= 11 is 0. The molecule has 124 valence electrons. The second kappa shape index (κ2) is 6.28. The fourth-order valence-corrected chi connectivity index (χ4v) is 2.77. The maximum absolute atomic E-state index is 13.1. The molecule has 0 fully saturated rings. The third-order valence-corrected chi connectivity index (χ3v) is 4.04. The number of aromatic hydroxyl groups is 1. The molecule has 0 bridgehead atoms. The number of aromatic nitrogens is 2. The fraction of sp³-hybridized carbons (Fsp3) is 0.0500. The number of imidazole rings is 1. The minimum Gasteiger partial charge on any atom is -0.508 e. The first-order valence-electron chi connectivity index (χ1n) is 7.95. The topological polar surface area (TPSA) is 49.6 Å². The number of fused-ring (bicyclic) bond motifs is 1. The first kappa shape index (κ1) is 15.2. The zero-order valence-corrected chi connectivity index (χ0v) is 13.4. The van der Waals surface area contributed by atoms with Crippen molar-refractivity contribution in [2.75, 3.05) is 5.32 Å². The van der Waals surface area contributed by atoms with Crippen LogP contribution in [0.1, 0.15) is 5.56 Å². The average molecular weight is 333 g/mol. The lowest BCUT2D eigenvalue weighted by molar-refractivity contribution is 0.475. The molecule has 5 heteroatoms. The number of hydrogen-bond donors (Lipinski definition) is 2. The summed E-state index contributed by atoms with van der Waals surface area (Å²) in [5, 5.41) is 12.9. The molecule has 0 spiro atoms. The Hall–Kier alpha value is -3.34. The van der Waals surface area contributed by atoms with Crippen molar-refractivity contribution in [1.82, 2.24) is 9.38 Å². The van der Waals surface area contributed by atoms with Gasteiger partial charge in [0.2, 0.25) is 0 Å². The molecule has 2 N–H and O–H groups in total. The summed E-state index contributed by atoms with van der Waals surface area (Å²) in [4.78, 5) is 4.70. The van der Waals surface area contributed by atoms with Crippen LogP contribution in [0, 0.1) is 5.82 Å². The van der Waals surface area contributed by atoms with Gasteiger partial charge in [-0.05, 0) is 54.1 Å². The third-order valence-electron chi connectivity index (χ3n) is 4.04. The van der Waals surface area contributed by atoms with E-state index in [-0.39, 0.29) is 11.6 Å². The largest absolute Gasteiger partial charge is 0.508 e. The number of halogens is 1. The van der Waals surface area contributed by atoms with Crippen molar-refractivity contribution in [2.45, 2.75) is 6.54 Å². The lowest BCUT2D eigenvalue weighted by atomic mass is 10.1. The molecule has 0 amide bonds. The van der Waals surface area contributed by atoms with E-state index in [1.807, 2.05) is 40.9 Å². The molecular weight excluding hydrogens is 317 g/mol. The van der Waals surface area contributed by atoms with Gasteiger partial charge < -0.3 is 10.4 Å². The molecule has 0 radical (unpaired) electrons. The lowest BCUT2D eigenvalue weighted by Crippen LogP contribution is -2.03. The van der Waals surface area contributed by atoms with Crippen LogP contribution in [0.3, 0.4) is 0 Å². The molecule has 2 aromatic carbocycles. The quantitative estimate of drug-likeness (QED) is 0.580. The third kappa shape index (κ3) is 3.04. The predicted octanol–water partition coefficient (Wildman–Crippen LogP) is 4.46. The van der Waals surface area contributed by atoms with Gasteiger partial charge in [-0.15, -0.1) is 0 Å². The van der Waals surface area contributed by atoms with E-state index >= 15 is 0 Å². The zero-order chi connectivity index (χ0) is 17.2. The highest BCUT2D eigenvalue weighted by Gasteiger charge is 2.13. The summed E-state index contributed by atoms with van der Waals surface area (Å²) < 4.78 is 15.0. The number of anilines is 1. The molecule has 0 aliphatic rings. The molecule has 0 aliphatic carbocycles. The summed E-state index contributed by atoms with van der Waals surface area (Å²) in [6, 6.07) is 19.2. The molecule has 0 aliphatic heterocycles. The SMILES string of the molecule is Oc1ccc(-c2nc3ccccn3c2NCc2ccc(F)cc2)cc1. The number of hydrogen-bond acceptors (Lipinski definition) is 3. The van der Waals surface area contributed by atoms with Crippen LogP contribution < -0.4 is 5.32 Å². The van der Waals surface area contributed by atoms with Gasteiger partial charge in [0.05, 0.1) is 0 Å². The van der Waals surface area contributed by atoms with Crippen molar-refractivity contribution in [3.8, 4) is 17.0 Å². The fourth-order valence-electron chi connectivity index (χ4n) is 2.77. The molecule has 2 aromatic heterocycles. The van der Waals surface area contributed by atoms with E-state index in [9.17, 15) is 9.50 Å². The highest BCUT2D eigenvalue weighted by molar-refractivity contribution is 5.76. The summed E-state index contributed by atoms with van der Waals surface area (Å²) in [5.74, 6) is 0.822. The van der Waals surface area contributed by atoms with Gasteiger partial charge in [-0.25, -0.2) is 9.37 Å². The molecular formula is C20H16FN3O. The Kier molecular flexibility index (Phi) is 3.82. The van der Waals surface area contributed by atoms with Crippen LogP contribution in [0.25, 0.3) is 16.9 Å². The second-order valence-electron chi connectivity index (χ2n) is 5.76. The van der Waals surface area contributed by atoms with Gasteiger partial charge in [-0.2, -0.15) is 0 Å². The van der Waals surface area contributed by atoms with Gasteiger partial charge in [-0.3, -0.25) is 4.40 Å². The molecule has 0 unspecified atom stereocenters. The van der Waals surface area contributed by atoms with Crippen molar-refractivity contribution in [2.24, 2.45) is 0 Å². The maximum atomic E-state index is 13.1. The highest BCUT2D eigenvalue weighted by atomic mass is 19.1. The minimum absolute atomic E-state index is 0.216. The van der Waals surface area contributed by atoms with Gasteiger partial charge >= 0.3 is 0 Å². The number of pyridine rings is 1. The smallest absolute Gasteiger partial charge is 0.139 e. The van der Waals surface area contributed by atoms with Crippen LogP contribution >= 0.6 is 0 Å². The monoisotopic (exact) mass is 333 g/mol. The van der Waals surface area contributed by atoms with Crippen LogP contribution in [-0.4, -0.2) is 14.5 Å². The van der Waals surface area contributed by atoms with Crippen LogP contribution in [0.2, 0.25) is 0 Å². The highest BCUT2D eigenvalue weighted by Crippen LogP contribution is 2.30. The van der Waals surface area contributed by atoms with Crippen LogP contribution in [-0.2, 0) is 6.54 Å². The van der Waals surface area contributed by atoms with Crippen molar-refractivity contribution in [3.63, 3.8) is 0 Å². The van der Waals surface area contributed by atoms with E-state index in [4.69, 9.17) is 4.98 Å². The van der Waals surface area contributed by atoms with Gasteiger partial charge in [0.15, 0.2) is 0 Å². The Labute approximate surface area is 144 Å². The Balaban J connectivity index is 1.73. The molecule has 2 heterocycles. The number of rotatable bonds is 4. The van der Waals surface area contributed by atoms with Crippen LogP contribution in [0.5, 0.6) is 5.75 Å². The number of phenols is 1. The summed E-state index contributed by atoms with van der Waals surface area (Å²) in [7, 11) is 0. The van der Waals surface area contributed by atoms with E-state index in [2.05, 4.69) is 5.32 Å².